The van der Waals surface area contributed by atoms with Crippen LogP contribution in [0.3, 0.4) is 0 Å². The maximum absolute atomic E-state index is 12.0. The zero-order chi connectivity index (χ0) is 17.4. The van der Waals surface area contributed by atoms with Gasteiger partial charge in [0.2, 0.25) is 5.91 Å². The molecule has 0 saturated carbocycles. The summed E-state index contributed by atoms with van der Waals surface area (Å²) in [5, 5.41) is 11.7. The van der Waals surface area contributed by atoms with Gasteiger partial charge in [-0.2, -0.15) is 0 Å². The van der Waals surface area contributed by atoms with Gasteiger partial charge in [0.25, 0.3) is 0 Å². The number of hydrogen-bond acceptors (Lipinski definition) is 5. The zero-order valence-electron chi connectivity index (χ0n) is 14.0. The number of nitrogens with zero attached hydrogens (tertiary/aromatic N) is 1. The Hall–Kier alpha value is -2.28. The fourth-order valence-electron chi connectivity index (χ4n) is 1.88. The Kier molecular flexibility index (Phi) is 7.34. The number of anilines is 1. The number of carboxylic acids is 1. The molecule has 0 aliphatic heterocycles. The van der Waals surface area contributed by atoms with Crippen LogP contribution in [0.5, 0.6) is 11.5 Å². The van der Waals surface area contributed by atoms with Crippen molar-refractivity contribution in [1.29, 1.82) is 0 Å². The minimum absolute atomic E-state index is 0.0232. The van der Waals surface area contributed by atoms with Crippen molar-refractivity contribution in [2.75, 3.05) is 32.1 Å². The zero-order valence-corrected chi connectivity index (χ0v) is 14.0. The van der Waals surface area contributed by atoms with Crippen LogP contribution in [0.25, 0.3) is 0 Å². The number of carboxylic acid groups (broad SMARTS) is 1. The van der Waals surface area contributed by atoms with Crippen LogP contribution in [0.15, 0.2) is 18.2 Å². The van der Waals surface area contributed by atoms with Gasteiger partial charge in [-0.05, 0) is 40.0 Å². The number of carbonyl (C=O) groups excluding carboxylic acids is 1. The van der Waals surface area contributed by atoms with Crippen molar-refractivity contribution in [1.82, 2.24) is 4.90 Å². The molecule has 0 saturated heterocycles. The predicted molar refractivity (Wildman–Crippen MR) is 87.1 cm³/mol. The van der Waals surface area contributed by atoms with Crippen molar-refractivity contribution in [2.45, 2.75) is 26.8 Å². The Morgan fingerprint density at radius 3 is 2.39 bits per heavy atom. The summed E-state index contributed by atoms with van der Waals surface area (Å²) < 4.78 is 11.0. The molecule has 0 bridgehead atoms. The number of likely N-dealkylation sites (N-methyl/N-ethyl adjacent to an activating group) is 1. The Balaban J connectivity index is 2.74. The molecule has 0 spiro atoms. The first kappa shape index (κ1) is 18.8. The summed E-state index contributed by atoms with van der Waals surface area (Å²) in [4.78, 5) is 24.4. The first-order chi connectivity index (χ1) is 10.9. The number of benzene rings is 1. The second-order valence-electron chi connectivity index (χ2n) is 5.01. The molecule has 23 heavy (non-hydrogen) atoms. The normalized spacial score (nSPS) is 11.9. The second kappa shape index (κ2) is 8.99. The molecule has 0 aliphatic rings. The molecule has 0 fully saturated rings. The molecule has 7 heteroatoms. The molecule has 0 aromatic heterocycles. The summed E-state index contributed by atoms with van der Waals surface area (Å²) in [6.45, 7) is 6.25. The number of aliphatic carboxylic acids is 1. The predicted octanol–water partition coefficient (Wildman–Crippen LogP) is 1.83. The maximum Gasteiger partial charge on any atom is 0.320 e. The van der Waals surface area contributed by atoms with Gasteiger partial charge in [0.15, 0.2) is 11.5 Å². The van der Waals surface area contributed by atoms with Crippen LogP contribution in [0.1, 0.15) is 20.8 Å². The first-order valence-corrected chi connectivity index (χ1v) is 7.51. The number of hydrogen-bond donors (Lipinski definition) is 2. The largest absolute Gasteiger partial charge is 0.490 e. The van der Waals surface area contributed by atoms with Crippen molar-refractivity contribution in [3.63, 3.8) is 0 Å². The van der Waals surface area contributed by atoms with E-state index in [0.717, 1.165) is 0 Å². The SMILES string of the molecule is CCOc1ccc(NC(=O)CN(C)C(C)C(=O)O)cc1OCC. The van der Waals surface area contributed by atoms with E-state index in [-0.39, 0.29) is 12.5 Å². The van der Waals surface area contributed by atoms with Crippen molar-refractivity contribution in [3.05, 3.63) is 18.2 Å². The van der Waals surface area contributed by atoms with E-state index in [1.807, 2.05) is 13.8 Å². The third-order valence-corrected chi connectivity index (χ3v) is 3.24. The van der Waals surface area contributed by atoms with Crippen molar-refractivity contribution in [3.8, 4) is 11.5 Å². The Labute approximate surface area is 136 Å². The van der Waals surface area contributed by atoms with Crippen molar-refractivity contribution >= 4 is 17.6 Å². The number of nitrogens with one attached hydrogen (secondary N) is 1. The monoisotopic (exact) mass is 324 g/mol. The summed E-state index contributed by atoms with van der Waals surface area (Å²) in [6.07, 6.45) is 0. The van der Waals surface area contributed by atoms with Crippen LogP contribution in [-0.4, -0.2) is 54.7 Å². The molecular formula is C16H24N2O5. The topological polar surface area (TPSA) is 88.1 Å². The lowest BCUT2D eigenvalue weighted by Crippen LogP contribution is -2.40. The van der Waals surface area contributed by atoms with Crippen LogP contribution in [0.4, 0.5) is 5.69 Å². The molecular weight excluding hydrogens is 300 g/mol. The van der Waals surface area contributed by atoms with Gasteiger partial charge in [-0.15, -0.1) is 0 Å². The molecule has 128 valence electrons. The summed E-state index contributed by atoms with van der Waals surface area (Å²) in [7, 11) is 1.59. The molecule has 1 atom stereocenters. The van der Waals surface area contributed by atoms with Gasteiger partial charge < -0.3 is 19.9 Å². The first-order valence-electron chi connectivity index (χ1n) is 7.51. The molecule has 1 aromatic rings. The number of rotatable bonds is 9. The smallest absolute Gasteiger partial charge is 0.320 e. The van der Waals surface area contributed by atoms with E-state index in [2.05, 4.69) is 5.32 Å². The van der Waals surface area contributed by atoms with E-state index < -0.39 is 12.0 Å². The number of carbonyl (C=O) groups is 2. The average Bonchev–Trinajstić information content (AvgIpc) is 2.49. The average molecular weight is 324 g/mol. The maximum atomic E-state index is 12.0. The van der Waals surface area contributed by atoms with Gasteiger partial charge in [-0.25, -0.2) is 0 Å². The Bertz CT molecular complexity index is 547. The van der Waals surface area contributed by atoms with Gasteiger partial charge in [0, 0.05) is 11.8 Å². The molecule has 1 unspecified atom stereocenters. The highest BCUT2D eigenvalue weighted by Crippen LogP contribution is 2.30. The van der Waals surface area contributed by atoms with Gasteiger partial charge in [0.1, 0.15) is 6.04 Å². The fourth-order valence-corrected chi connectivity index (χ4v) is 1.88. The van der Waals surface area contributed by atoms with E-state index in [1.54, 1.807) is 25.2 Å². The summed E-state index contributed by atoms with van der Waals surface area (Å²) in [6, 6.07) is 4.40. The van der Waals surface area contributed by atoms with Gasteiger partial charge >= 0.3 is 5.97 Å². The minimum Gasteiger partial charge on any atom is -0.490 e. The quantitative estimate of drug-likeness (QED) is 0.720. The summed E-state index contributed by atoms with van der Waals surface area (Å²) >= 11 is 0. The van der Waals surface area contributed by atoms with E-state index in [1.165, 1.54) is 11.8 Å². The summed E-state index contributed by atoms with van der Waals surface area (Å²) in [5.74, 6) is -0.101. The minimum atomic E-state index is -0.972. The van der Waals surface area contributed by atoms with Crippen LogP contribution in [0, 0.1) is 0 Å². The lowest BCUT2D eigenvalue weighted by molar-refractivity contribution is -0.142. The van der Waals surface area contributed by atoms with Crippen LogP contribution >= 0.6 is 0 Å². The highest BCUT2D eigenvalue weighted by atomic mass is 16.5. The van der Waals surface area contributed by atoms with E-state index in [4.69, 9.17) is 14.6 Å². The van der Waals surface area contributed by atoms with Gasteiger partial charge in [-0.1, -0.05) is 0 Å². The molecule has 7 nitrogen and oxygen atoms in total. The lowest BCUT2D eigenvalue weighted by atomic mass is 10.2. The molecule has 1 aromatic carbocycles. The summed E-state index contributed by atoms with van der Waals surface area (Å²) in [5.41, 5.74) is 0.568. The van der Waals surface area contributed by atoms with Crippen molar-refractivity contribution in [2.24, 2.45) is 0 Å². The Morgan fingerprint density at radius 2 is 1.83 bits per heavy atom. The van der Waals surface area contributed by atoms with Crippen LogP contribution < -0.4 is 14.8 Å². The van der Waals surface area contributed by atoms with E-state index in [9.17, 15) is 9.59 Å². The van der Waals surface area contributed by atoms with E-state index in [0.29, 0.717) is 30.4 Å². The standard InChI is InChI=1S/C16H24N2O5/c1-5-22-13-8-7-12(9-14(13)23-6-2)17-15(19)10-18(4)11(3)16(20)21/h7-9,11H,5-6,10H2,1-4H3,(H,17,19)(H,20,21). The molecule has 0 aliphatic carbocycles. The van der Waals surface area contributed by atoms with E-state index >= 15 is 0 Å². The molecule has 0 radical (unpaired) electrons. The highest BCUT2D eigenvalue weighted by molar-refractivity contribution is 5.93. The molecule has 1 rings (SSSR count). The molecule has 0 heterocycles. The third kappa shape index (κ3) is 5.78. The number of amides is 1. The van der Waals surface area contributed by atoms with Gasteiger partial charge in [0.05, 0.1) is 19.8 Å². The van der Waals surface area contributed by atoms with Gasteiger partial charge in [-0.3, -0.25) is 14.5 Å². The molecule has 1 amide bonds. The third-order valence-electron chi connectivity index (χ3n) is 3.24. The lowest BCUT2D eigenvalue weighted by Gasteiger charge is -2.20. The second-order valence-corrected chi connectivity index (χ2v) is 5.01. The van der Waals surface area contributed by atoms with Crippen LogP contribution in [-0.2, 0) is 9.59 Å². The molecule has 2 N–H and O–H groups in total. The number of ether oxygens (including phenoxy) is 2. The van der Waals surface area contributed by atoms with Crippen molar-refractivity contribution < 1.29 is 24.2 Å². The Morgan fingerprint density at radius 1 is 1.22 bits per heavy atom. The van der Waals surface area contributed by atoms with Crippen LogP contribution in [0.2, 0.25) is 0 Å². The fraction of sp³-hybridized carbons (Fsp3) is 0.500. The highest BCUT2D eigenvalue weighted by Gasteiger charge is 2.19.